The Morgan fingerprint density at radius 2 is 0.555 bits per heavy atom. The van der Waals surface area contributed by atoms with Gasteiger partial charge in [0.25, 0.3) is 58.6 Å². The maximum absolute atomic E-state index is 13.0. The number of anilines is 5. The molecular formula is C94H87N25O18. The minimum Gasteiger partial charge on any atom is -0.385 e. The smallest absolute Gasteiger partial charge is 0.267 e. The van der Waals surface area contributed by atoms with Crippen LogP contribution in [0.15, 0.2) is 142 Å². The van der Waals surface area contributed by atoms with Gasteiger partial charge < -0.3 is 36.4 Å². The molecule has 15 heterocycles. The summed E-state index contributed by atoms with van der Waals surface area (Å²) in [6.45, 7) is 2.88. The lowest BCUT2D eigenvalue weighted by Gasteiger charge is -2.29. The molecule has 18 amide bonds. The van der Waals surface area contributed by atoms with Gasteiger partial charge in [0.05, 0.1) is 46.5 Å². The van der Waals surface area contributed by atoms with Crippen molar-refractivity contribution in [3.05, 3.63) is 147 Å². The summed E-state index contributed by atoms with van der Waals surface area (Å²) >= 11 is 0. The van der Waals surface area contributed by atoms with Crippen LogP contribution in [0.4, 0.5) is 28.4 Å². The monoisotopic (exact) mass is 1850 g/mol. The van der Waals surface area contributed by atoms with Gasteiger partial charge in [-0.1, -0.05) is 30.3 Å². The van der Waals surface area contributed by atoms with E-state index in [4.69, 9.17) is 32.1 Å². The zero-order chi connectivity index (χ0) is 97.0. The van der Waals surface area contributed by atoms with Crippen LogP contribution in [0.2, 0.25) is 0 Å². The molecule has 43 heteroatoms. The lowest BCUT2D eigenvalue weighted by molar-refractivity contribution is -0.138. The van der Waals surface area contributed by atoms with Gasteiger partial charge in [0.15, 0.2) is 17.0 Å². The third-order valence-electron chi connectivity index (χ3n) is 25.4. The summed E-state index contributed by atoms with van der Waals surface area (Å²) in [4.78, 5) is 226. The summed E-state index contributed by atoms with van der Waals surface area (Å²) in [5, 5.41) is 66.9. The van der Waals surface area contributed by atoms with Gasteiger partial charge in [-0.2, -0.15) is 30.7 Å². The standard InChI is InChI=1S/C20H19N5O4.2C20H21N5O3.2C17H13N5O4/c1-2-3-9-20(23-24-20)10-11-21-13-6-4-5-12-16(13)19(29)25(18(12)28)14-7-8-15(26)22-17(14)27;2*1-2-3-9-20(23-24-20)10-11-21-15-6-4-5-13-14(15)12-25(19(13)28)16-7-8-17(26)22-18(16)27;2*1-2-17(20-21-17)8-18-10-5-3-4-9-13(10)16(26)22(15(9)25)11-6-7-12(23)19-14(11)24/h1,4-6,14,21H,3,7-11H2,(H,22,26,27);2*1,4-6,16,21H,3,7-12H2,(H,22,26,27);2*1,3-5,11,18H,6-8H2,(H,19,23,24). The van der Waals surface area contributed by atoms with E-state index < -0.39 is 130 Å². The van der Waals surface area contributed by atoms with Crippen molar-refractivity contribution < 1.29 is 86.3 Å². The van der Waals surface area contributed by atoms with Crippen molar-refractivity contribution in [1.29, 1.82) is 0 Å². The van der Waals surface area contributed by atoms with Crippen LogP contribution in [0.3, 0.4) is 0 Å². The van der Waals surface area contributed by atoms with Crippen LogP contribution >= 0.6 is 0 Å². The fourth-order valence-electron chi connectivity index (χ4n) is 17.6. The highest BCUT2D eigenvalue weighted by molar-refractivity contribution is 6.28. The van der Waals surface area contributed by atoms with Gasteiger partial charge in [0.2, 0.25) is 59.1 Å². The molecule has 5 unspecified atom stereocenters. The number of hydrogen-bond donors (Lipinski definition) is 10. The van der Waals surface area contributed by atoms with Crippen molar-refractivity contribution in [1.82, 2.24) is 51.1 Å². The van der Waals surface area contributed by atoms with Gasteiger partial charge in [0.1, 0.15) is 30.2 Å². The first-order valence-electron chi connectivity index (χ1n) is 44.2. The first kappa shape index (κ1) is 93.2. The molecule has 20 rings (SSSR count). The quantitative estimate of drug-likeness (QED) is 0.0202. The molecule has 15 aliphatic heterocycles. The highest BCUT2D eigenvalue weighted by atomic mass is 16.2. The van der Waals surface area contributed by atoms with Crippen molar-refractivity contribution in [3.8, 4) is 61.7 Å². The van der Waals surface area contributed by atoms with Gasteiger partial charge in [0, 0.05) is 173 Å². The Balaban J connectivity index is 0.000000124. The molecular weight excluding hydrogens is 1770 g/mol. The molecule has 5 atom stereocenters. The molecule has 5 fully saturated rings. The van der Waals surface area contributed by atoms with Crippen LogP contribution < -0.4 is 53.2 Å². The van der Waals surface area contributed by atoms with Gasteiger partial charge in [-0.3, -0.25) is 128 Å². The molecule has 10 N–H and O–H groups in total. The average molecular weight is 1850 g/mol. The Morgan fingerprint density at radius 3 is 0.810 bits per heavy atom. The van der Waals surface area contributed by atoms with Crippen molar-refractivity contribution in [2.24, 2.45) is 51.1 Å². The minimum atomic E-state index is -1.00. The predicted octanol–water partition coefficient (Wildman–Crippen LogP) is 5.71. The third kappa shape index (κ3) is 19.5. The Kier molecular flexibility index (Phi) is 26.0. The van der Waals surface area contributed by atoms with Crippen molar-refractivity contribution >= 4 is 135 Å². The summed E-state index contributed by atoms with van der Waals surface area (Å²) in [7, 11) is 0. The molecule has 5 aromatic carbocycles. The number of rotatable bonds is 29. The molecule has 5 saturated heterocycles. The highest BCUT2D eigenvalue weighted by Crippen LogP contribution is 2.44. The van der Waals surface area contributed by atoms with E-state index in [-0.39, 0.29) is 133 Å². The number of imide groups is 8. The molecule has 0 aromatic heterocycles. The molecule has 0 spiro atoms. The molecule has 0 aliphatic carbocycles. The van der Waals surface area contributed by atoms with Crippen LogP contribution in [0.5, 0.6) is 0 Å². The van der Waals surface area contributed by atoms with E-state index in [1.165, 1.54) is 12.1 Å². The minimum absolute atomic E-state index is 0.0720. The van der Waals surface area contributed by atoms with Crippen molar-refractivity contribution in [2.45, 2.75) is 194 Å². The number of nitrogens with zero attached hydrogens (tertiary/aromatic N) is 15. The lowest BCUT2D eigenvalue weighted by atomic mass is 10.0. The van der Waals surface area contributed by atoms with Gasteiger partial charge in [-0.15, -0.1) is 70.3 Å². The molecule has 15 aliphatic rings. The summed E-state index contributed by atoms with van der Waals surface area (Å²) in [5.74, 6) is 4.45. The second-order valence-corrected chi connectivity index (χ2v) is 34.2. The van der Waals surface area contributed by atoms with E-state index in [1.54, 1.807) is 64.4 Å². The lowest BCUT2D eigenvalue weighted by Crippen LogP contribution is -2.54. The fourth-order valence-corrected chi connectivity index (χ4v) is 17.6. The number of amides is 18. The first-order chi connectivity index (χ1) is 65.9. The number of nitrogens with one attached hydrogen (secondary N) is 10. The summed E-state index contributed by atoms with van der Waals surface area (Å²) in [5.41, 5.74) is 4.24. The number of terminal acetylenes is 5. The van der Waals surface area contributed by atoms with E-state index in [2.05, 4.69) is 134 Å². The van der Waals surface area contributed by atoms with Gasteiger partial charge in [-0.25, -0.2) is 0 Å². The van der Waals surface area contributed by atoms with Crippen LogP contribution in [-0.2, 0) is 61.0 Å². The average Bonchev–Trinajstić information content (AvgIpc) is 1.60. The summed E-state index contributed by atoms with van der Waals surface area (Å²) in [6, 6.07) is 21.4. The first-order valence-corrected chi connectivity index (χ1v) is 44.2. The van der Waals surface area contributed by atoms with Gasteiger partial charge >= 0.3 is 0 Å². The molecule has 0 bridgehead atoms. The van der Waals surface area contributed by atoms with Crippen LogP contribution in [0, 0.1) is 61.7 Å². The number of carbonyl (C=O) groups excluding carboxylic acids is 18. The maximum Gasteiger partial charge on any atom is 0.267 e. The van der Waals surface area contributed by atoms with E-state index in [9.17, 15) is 86.3 Å². The zero-order valence-electron chi connectivity index (χ0n) is 73.4. The van der Waals surface area contributed by atoms with Crippen molar-refractivity contribution in [2.75, 3.05) is 59.3 Å². The second-order valence-electron chi connectivity index (χ2n) is 34.2. The second kappa shape index (κ2) is 38.3. The molecule has 696 valence electrons. The van der Waals surface area contributed by atoms with Crippen molar-refractivity contribution in [3.63, 3.8) is 0 Å². The van der Waals surface area contributed by atoms with Crippen LogP contribution in [-0.4, -0.2) is 222 Å². The number of fused-ring (bicyclic) bond motifs is 5. The highest BCUT2D eigenvalue weighted by Gasteiger charge is 2.52. The largest absolute Gasteiger partial charge is 0.385 e. The normalized spacial score (nSPS) is 22.2. The molecule has 0 radical (unpaired) electrons. The van der Waals surface area contributed by atoms with Gasteiger partial charge in [-0.05, 0) is 105 Å². The van der Waals surface area contributed by atoms with E-state index in [1.807, 2.05) is 24.3 Å². The predicted molar refractivity (Wildman–Crippen MR) is 480 cm³/mol. The Labute approximate surface area is 780 Å². The van der Waals surface area contributed by atoms with Crippen LogP contribution in [0.1, 0.15) is 216 Å². The molecule has 137 heavy (non-hydrogen) atoms. The topological polar surface area (TPSA) is 567 Å². The Hall–Kier alpha value is -17.0. The number of piperidine rings is 5. The van der Waals surface area contributed by atoms with Crippen LogP contribution in [0.25, 0.3) is 0 Å². The molecule has 5 aromatic rings. The molecule has 43 nitrogen and oxygen atoms in total. The van der Waals surface area contributed by atoms with E-state index >= 15 is 0 Å². The number of hydrogen-bond acceptors (Lipinski definition) is 33. The summed E-state index contributed by atoms with van der Waals surface area (Å²) in [6.07, 6.45) is 34.6. The third-order valence-corrected chi connectivity index (χ3v) is 25.4. The summed E-state index contributed by atoms with van der Waals surface area (Å²) < 4.78 is 0. The Bertz CT molecular complexity index is 6160. The van der Waals surface area contributed by atoms with E-state index in [0.29, 0.717) is 106 Å². The zero-order valence-corrected chi connectivity index (χ0v) is 73.4. The van der Waals surface area contributed by atoms with E-state index in [0.717, 1.165) is 62.9 Å². The maximum atomic E-state index is 13.0. The number of carbonyl (C=O) groups is 18. The Morgan fingerprint density at radius 1 is 0.299 bits per heavy atom. The fraction of sp³-hybridized carbons (Fsp3) is 0.383. The molecule has 0 saturated carbocycles. The number of benzene rings is 5. The SMILES string of the molecule is C#CC1(CNc2cccc3c2C(=O)N(C2CCC(=O)NC2=O)C3=O)N=N1.C#CC1(CNc2cccc3c2C(=O)N(C2CCC(=O)NC2=O)C3=O)N=N1.C#CCCC1(CCNc2cccc3c2C(=O)N(C2CCC(=O)NC2=O)C3=O)N=N1.C#CCCC1(CCNc2cccc3c2CN(C2CCC(=O)NC2=O)C3=O)N=N1.C#CCCC1(CCNc2cccc3c2CN(C2CCC(=O)NC2=O)C3=O)N=N1.